The molecule has 1 N–H and O–H groups in total. The molecule has 0 aliphatic heterocycles. The molecule has 0 fully saturated rings. The highest BCUT2D eigenvalue weighted by Gasteiger charge is 2.15. The lowest BCUT2D eigenvalue weighted by Gasteiger charge is -2.20. The van der Waals surface area contributed by atoms with E-state index in [4.69, 9.17) is 14.2 Å². The summed E-state index contributed by atoms with van der Waals surface area (Å²) in [6.45, 7) is 2.34. The maximum absolute atomic E-state index is 12.3. The lowest BCUT2D eigenvalue weighted by atomic mass is 10.0. The summed E-state index contributed by atoms with van der Waals surface area (Å²) in [5.41, 5.74) is 3.49. The molecule has 0 bridgehead atoms. The van der Waals surface area contributed by atoms with Gasteiger partial charge in [0.15, 0.2) is 0 Å². The average molecular weight is 492 g/mol. The van der Waals surface area contributed by atoms with E-state index in [2.05, 4.69) is 17.0 Å². The van der Waals surface area contributed by atoms with Gasteiger partial charge in [0.2, 0.25) is 0 Å². The maximum Gasteiger partial charge on any atom is 0.307 e. The van der Waals surface area contributed by atoms with Gasteiger partial charge >= 0.3 is 5.97 Å². The number of carbonyl (C=O) groups excluding carboxylic acids is 2. The van der Waals surface area contributed by atoms with Crippen molar-refractivity contribution in [3.05, 3.63) is 77.9 Å². The SMILES string of the molecule is CCCC(Oc1ccc(-c2ccc(OC)cc2OC)cc1)c1ccc(C(=O)NCCC(=O)OC)cc1. The first-order valence-electron chi connectivity index (χ1n) is 11.9. The van der Waals surface area contributed by atoms with Crippen LogP contribution in [0.25, 0.3) is 11.1 Å². The third kappa shape index (κ3) is 7.01. The van der Waals surface area contributed by atoms with E-state index in [0.29, 0.717) is 5.56 Å². The molecule has 0 spiro atoms. The van der Waals surface area contributed by atoms with Gasteiger partial charge in [0.05, 0.1) is 27.8 Å². The van der Waals surface area contributed by atoms with E-state index < -0.39 is 0 Å². The monoisotopic (exact) mass is 491 g/mol. The molecule has 0 aliphatic rings. The maximum atomic E-state index is 12.3. The summed E-state index contributed by atoms with van der Waals surface area (Å²) in [6.07, 6.45) is 1.77. The van der Waals surface area contributed by atoms with Crippen molar-refractivity contribution in [3.63, 3.8) is 0 Å². The molecule has 3 aromatic rings. The van der Waals surface area contributed by atoms with Gasteiger partial charge < -0.3 is 24.3 Å². The fourth-order valence-electron chi connectivity index (χ4n) is 3.80. The molecular weight excluding hydrogens is 458 g/mol. The van der Waals surface area contributed by atoms with Gasteiger partial charge in [-0.3, -0.25) is 9.59 Å². The Kier molecular flexibility index (Phi) is 9.74. The van der Waals surface area contributed by atoms with Crippen LogP contribution in [0, 0.1) is 0 Å². The number of rotatable bonds is 12. The molecule has 0 saturated heterocycles. The molecule has 0 aromatic heterocycles. The van der Waals surface area contributed by atoms with E-state index >= 15 is 0 Å². The molecule has 0 heterocycles. The van der Waals surface area contributed by atoms with Gasteiger partial charge in [0, 0.05) is 23.7 Å². The van der Waals surface area contributed by atoms with Crippen molar-refractivity contribution in [2.45, 2.75) is 32.3 Å². The van der Waals surface area contributed by atoms with E-state index in [9.17, 15) is 9.59 Å². The molecule has 1 amide bonds. The third-order valence-electron chi connectivity index (χ3n) is 5.79. The zero-order chi connectivity index (χ0) is 25.9. The molecule has 7 heteroatoms. The van der Waals surface area contributed by atoms with Crippen LogP contribution < -0.4 is 19.5 Å². The van der Waals surface area contributed by atoms with Crippen LogP contribution in [0.15, 0.2) is 66.7 Å². The molecule has 7 nitrogen and oxygen atoms in total. The van der Waals surface area contributed by atoms with Gasteiger partial charge in [-0.15, -0.1) is 0 Å². The molecule has 1 unspecified atom stereocenters. The molecule has 3 rings (SSSR count). The Hall–Kier alpha value is -4.00. The summed E-state index contributed by atoms with van der Waals surface area (Å²) >= 11 is 0. The number of benzene rings is 3. The van der Waals surface area contributed by atoms with Crippen molar-refractivity contribution in [1.29, 1.82) is 0 Å². The average Bonchev–Trinajstić information content (AvgIpc) is 2.92. The number of methoxy groups -OCH3 is 3. The quantitative estimate of drug-likeness (QED) is 0.333. The van der Waals surface area contributed by atoms with E-state index in [1.54, 1.807) is 26.4 Å². The van der Waals surface area contributed by atoms with Crippen LogP contribution in [0.1, 0.15) is 48.2 Å². The minimum absolute atomic E-state index is 0.136. The zero-order valence-corrected chi connectivity index (χ0v) is 21.2. The molecule has 190 valence electrons. The summed E-state index contributed by atoms with van der Waals surface area (Å²) in [6, 6.07) is 21.0. The molecule has 0 aliphatic carbocycles. The van der Waals surface area contributed by atoms with Gasteiger partial charge in [0.1, 0.15) is 23.4 Å². The zero-order valence-electron chi connectivity index (χ0n) is 21.2. The Morgan fingerprint density at radius 3 is 2.17 bits per heavy atom. The highest BCUT2D eigenvalue weighted by atomic mass is 16.5. The van der Waals surface area contributed by atoms with Gasteiger partial charge in [-0.05, 0) is 53.9 Å². The van der Waals surface area contributed by atoms with Crippen LogP contribution in [0.5, 0.6) is 17.2 Å². The molecule has 36 heavy (non-hydrogen) atoms. The summed E-state index contributed by atoms with van der Waals surface area (Å²) in [5, 5.41) is 2.72. The van der Waals surface area contributed by atoms with Crippen molar-refractivity contribution in [2.75, 3.05) is 27.9 Å². The first kappa shape index (κ1) is 26.6. The summed E-state index contributed by atoms with van der Waals surface area (Å²) in [7, 11) is 4.59. The summed E-state index contributed by atoms with van der Waals surface area (Å²) in [4.78, 5) is 23.5. The highest BCUT2D eigenvalue weighted by molar-refractivity contribution is 5.94. The van der Waals surface area contributed by atoms with Crippen molar-refractivity contribution in [2.24, 2.45) is 0 Å². The lowest BCUT2D eigenvalue weighted by Crippen LogP contribution is -2.26. The van der Waals surface area contributed by atoms with Crippen LogP contribution in [-0.2, 0) is 9.53 Å². The Bertz CT molecular complexity index is 1140. The van der Waals surface area contributed by atoms with Crippen molar-refractivity contribution in [3.8, 4) is 28.4 Å². The fraction of sp³-hybridized carbons (Fsp3) is 0.310. The van der Waals surface area contributed by atoms with Gasteiger partial charge in [-0.1, -0.05) is 37.6 Å². The molecule has 3 aromatic carbocycles. The first-order valence-corrected chi connectivity index (χ1v) is 11.9. The van der Waals surface area contributed by atoms with Crippen molar-refractivity contribution in [1.82, 2.24) is 5.32 Å². The minimum Gasteiger partial charge on any atom is -0.497 e. The number of carbonyl (C=O) groups is 2. The van der Waals surface area contributed by atoms with Crippen LogP contribution in [0.3, 0.4) is 0 Å². The number of ether oxygens (including phenoxy) is 4. The second-order valence-electron chi connectivity index (χ2n) is 8.19. The highest BCUT2D eigenvalue weighted by Crippen LogP contribution is 2.35. The summed E-state index contributed by atoms with van der Waals surface area (Å²) < 4.78 is 21.7. The Morgan fingerprint density at radius 1 is 0.861 bits per heavy atom. The first-order chi connectivity index (χ1) is 17.5. The predicted octanol–water partition coefficient (Wildman–Crippen LogP) is 5.58. The molecular formula is C29H33NO6. The smallest absolute Gasteiger partial charge is 0.307 e. The molecule has 0 radical (unpaired) electrons. The third-order valence-corrected chi connectivity index (χ3v) is 5.79. The number of nitrogens with one attached hydrogen (secondary N) is 1. The second-order valence-corrected chi connectivity index (χ2v) is 8.19. The largest absolute Gasteiger partial charge is 0.497 e. The van der Waals surface area contributed by atoms with Crippen LogP contribution in [0.4, 0.5) is 0 Å². The van der Waals surface area contributed by atoms with E-state index in [0.717, 1.165) is 46.8 Å². The standard InChI is InChI=1S/C29H33NO6/c1-5-6-26(21-7-9-22(10-8-21)29(32)30-18-17-28(31)35-4)36-23-13-11-20(12-14-23)25-16-15-24(33-2)19-27(25)34-3/h7-16,19,26H,5-6,17-18H2,1-4H3,(H,30,32). The van der Waals surface area contributed by atoms with Crippen molar-refractivity contribution >= 4 is 11.9 Å². The Labute approximate surface area is 212 Å². The van der Waals surface area contributed by atoms with E-state index in [1.807, 2.05) is 54.6 Å². The number of hydrogen-bond donors (Lipinski definition) is 1. The second kappa shape index (κ2) is 13.2. The van der Waals surface area contributed by atoms with E-state index in [1.165, 1.54) is 7.11 Å². The Morgan fingerprint density at radius 2 is 1.56 bits per heavy atom. The normalized spacial score (nSPS) is 11.3. The van der Waals surface area contributed by atoms with Crippen LogP contribution >= 0.6 is 0 Å². The summed E-state index contributed by atoms with van der Waals surface area (Å²) in [5.74, 6) is 1.64. The molecule has 0 saturated carbocycles. The van der Waals surface area contributed by atoms with Gasteiger partial charge in [-0.2, -0.15) is 0 Å². The predicted molar refractivity (Wildman–Crippen MR) is 139 cm³/mol. The molecule has 1 atom stereocenters. The van der Waals surface area contributed by atoms with Crippen LogP contribution in [0.2, 0.25) is 0 Å². The number of esters is 1. The van der Waals surface area contributed by atoms with Crippen molar-refractivity contribution < 1.29 is 28.5 Å². The fourth-order valence-corrected chi connectivity index (χ4v) is 3.80. The van der Waals surface area contributed by atoms with Gasteiger partial charge in [0.25, 0.3) is 5.91 Å². The lowest BCUT2D eigenvalue weighted by molar-refractivity contribution is -0.140. The van der Waals surface area contributed by atoms with E-state index in [-0.39, 0.29) is 30.9 Å². The minimum atomic E-state index is -0.360. The topological polar surface area (TPSA) is 83.1 Å². The Balaban J connectivity index is 1.68. The van der Waals surface area contributed by atoms with Crippen LogP contribution in [-0.4, -0.2) is 39.8 Å². The number of hydrogen-bond acceptors (Lipinski definition) is 6. The number of amides is 1. The van der Waals surface area contributed by atoms with Gasteiger partial charge in [-0.25, -0.2) is 0 Å².